The first kappa shape index (κ1) is 15.2. The molecule has 1 aromatic heterocycles. The standard InChI is InChI=1S/C15H19N3O3/c1-4-18(9-15(2,3)21)14(20)12-16-11-8-6-5-7-10(11)13(19)17-12/h5-8,21H,4,9H2,1-3H3,(H,16,17,19). The Labute approximate surface area is 122 Å². The average Bonchev–Trinajstić information content (AvgIpc) is 2.43. The summed E-state index contributed by atoms with van der Waals surface area (Å²) in [5.74, 6) is -0.410. The van der Waals surface area contributed by atoms with Crippen LogP contribution in [0.25, 0.3) is 10.9 Å². The summed E-state index contributed by atoms with van der Waals surface area (Å²) >= 11 is 0. The van der Waals surface area contributed by atoms with Gasteiger partial charge in [-0.15, -0.1) is 0 Å². The molecule has 0 spiro atoms. The number of aliphatic hydroxyl groups is 1. The van der Waals surface area contributed by atoms with Crippen LogP contribution in [-0.4, -0.2) is 44.6 Å². The highest BCUT2D eigenvalue weighted by Crippen LogP contribution is 2.10. The SMILES string of the molecule is CCN(CC(C)(C)O)C(=O)c1nc2ccccc2c(=O)[nH]1. The van der Waals surface area contributed by atoms with Crippen molar-refractivity contribution in [2.45, 2.75) is 26.4 Å². The van der Waals surface area contributed by atoms with Crippen molar-refractivity contribution in [2.24, 2.45) is 0 Å². The van der Waals surface area contributed by atoms with E-state index < -0.39 is 11.5 Å². The van der Waals surface area contributed by atoms with E-state index in [1.807, 2.05) is 6.92 Å². The van der Waals surface area contributed by atoms with Crippen molar-refractivity contribution in [3.05, 3.63) is 40.4 Å². The third-order valence-corrected chi connectivity index (χ3v) is 3.06. The first-order valence-corrected chi connectivity index (χ1v) is 6.82. The van der Waals surface area contributed by atoms with Gasteiger partial charge in [0.15, 0.2) is 5.82 Å². The summed E-state index contributed by atoms with van der Waals surface area (Å²) in [6.45, 7) is 5.64. The molecule has 1 amide bonds. The van der Waals surface area contributed by atoms with E-state index in [1.54, 1.807) is 38.1 Å². The smallest absolute Gasteiger partial charge is 0.289 e. The molecular formula is C15H19N3O3. The lowest BCUT2D eigenvalue weighted by molar-refractivity contribution is 0.0308. The van der Waals surface area contributed by atoms with E-state index in [4.69, 9.17) is 0 Å². The van der Waals surface area contributed by atoms with Gasteiger partial charge in [0, 0.05) is 13.1 Å². The van der Waals surface area contributed by atoms with E-state index in [2.05, 4.69) is 9.97 Å². The zero-order valence-corrected chi connectivity index (χ0v) is 12.4. The Kier molecular flexibility index (Phi) is 4.09. The monoisotopic (exact) mass is 289 g/mol. The number of amides is 1. The van der Waals surface area contributed by atoms with Crippen LogP contribution in [0.4, 0.5) is 0 Å². The van der Waals surface area contributed by atoms with Crippen molar-refractivity contribution in [1.82, 2.24) is 14.9 Å². The molecule has 0 radical (unpaired) electrons. The maximum Gasteiger partial charge on any atom is 0.289 e. The highest BCUT2D eigenvalue weighted by molar-refractivity contribution is 5.92. The molecule has 2 N–H and O–H groups in total. The molecular weight excluding hydrogens is 270 g/mol. The topological polar surface area (TPSA) is 86.3 Å². The molecule has 6 heteroatoms. The number of hydrogen-bond acceptors (Lipinski definition) is 4. The molecule has 21 heavy (non-hydrogen) atoms. The summed E-state index contributed by atoms with van der Waals surface area (Å²) < 4.78 is 0. The fraction of sp³-hybridized carbons (Fsp3) is 0.400. The van der Waals surface area contributed by atoms with Crippen molar-refractivity contribution in [3.63, 3.8) is 0 Å². The third kappa shape index (κ3) is 3.46. The van der Waals surface area contributed by atoms with E-state index in [0.717, 1.165) is 0 Å². The number of aromatic nitrogens is 2. The summed E-state index contributed by atoms with van der Waals surface area (Å²) in [5, 5.41) is 10.3. The van der Waals surface area contributed by atoms with E-state index in [9.17, 15) is 14.7 Å². The minimum atomic E-state index is -1.01. The van der Waals surface area contributed by atoms with Gasteiger partial charge in [-0.25, -0.2) is 4.98 Å². The van der Waals surface area contributed by atoms with Crippen LogP contribution in [0.1, 0.15) is 31.4 Å². The Morgan fingerprint density at radius 3 is 2.67 bits per heavy atom. The molecule has 0 aliphatic rings. The van der Waals surface area contributed by atoms with Crippen molar-refractivity contribution >= 4 is 16.8 Å². The number of H-pyrrole nitrogens is 1. The molecule has 112 valence electrons. The summed E-state index contributed by atoms with van der Waals surface area (Å²) in [7, 11) is 0. The maximum absolute atomic E-state index is 12.4. The molecule has 1 aromatic carbocycles. The largest absolute Gasteiger partial charge is 0.389 e. The predicted octanol–water partition coefficient (Wildman–Crippen LogP) is 1.16. The van der Waals surface area contributed by atoms with Crippen molar-refractivity contribution in [2.75, 3.05) is 13.1 Å². The zero-order chi connectivity index (χ0) is 15.6. The molecule has 1 heterocycles. The Balaban J connectivity index is 2.41. The van der Waals surface area contributed by atoms with Gasteiger partial charge in [-0.2, -0.15) is 0 Å². The van der Waals surface area contributed by atoms with Gasteiger partial charge in [-0.3, -0.25) is 9.59 Å². The van der Waals surface area contributed by atoms with Gasteiger partial charge in [0.25, 0.3) is 11.5 Å². The van der Waals surface area contributed by atoms with Crippen molar-refractivity contribution < 1.29 is 9.90 Å². The molecule has 0 saturated heterocycles. The second-order valence-electron chi connectivity index (χ2n) is 5.56. The molecule has 6 nitrogen and oxygen atoms in total. The predicted molar refractivity (Wildman–Crippen MR) is 80.2 cm³/mol. The summed E-state index contributed by atoms with van der Waals surface area (Å²) in [6, 6.07) is 6.85. The van der Waals surface area contributed by atoms with Crippen molar-refractivity contribution in [3.8, 4) is 0 Å². The van der Waals surface area contributed by atoms with E-state index >= 15 is 0 Å². The second kappa shape index (κ2) is 5.65. The highest BCUT2D eigenvalue weighted by atomic mass is 16.3. The molecule has 0 unspecified atom stereocenters. The Morgan fingerprint density at radius 1 is 1.38 bits per heavy atom. The number of nitrogens with one attached hydrogen (secondary N) is 1. The van der Waals surface area contributed by atoms with Gasteiger partial charge in [-0.1, -0.05) is 12.1 Å². The minimum absolute atomic E-state index is 0.00944. The molecule has 2 aromatic rings. The fourth-order valence-corrected chi connectivity index (χ4v) is 2.13. The maximum atomic E-state index is 12.4. The molecule has 0 bridgehead atoms. The number of nitrogens with zero attached hydrogens (tertiary/aromatic N) is 2. The van der Waals surface area contributed by atoms with Crippen LogP contribution in [0.2, 0.25) is 0 Å². The van der Waals surface area contributed by atoms with Crippen LogP contribution in [0, 0.1) is 0 Å². The second-order valence-corrected chi connectivity index (χ2v) is 5.56. The number of rotatable bonds is 4. The number of aromatic amines is 1. The number of benzene rings is 1. The van der Waals surface area contributed by atoms with E-state index in [1.165, 1.54) is 4.90 Å². The minimum Gasteiger partial charge on any atom is -0.389 e. The van der Waals surface area contributed by atoms with Gasteiger partial charge >= 0.3 is 0 Å². The van der Waals surface area contributed by atoms with Crippen LogP contribution in [0.5, 0.6) is 0 Å². The quantitative estimate of drug-likeness (QED) is 0.884. The van der Waals surface area contributed by atoms with Gasteiger partial charge in [0.2, 0.25) is 0 Å². The molecule has 0 atom stereocenters. The zero-order valence-electron chi connectivity index (χ0n) is 12.4. The number of carbonyl (C=O) groups is 1. The lowest BCUT2D eigenvalue weighted by atomic mass is 10.1. The van der Waals surface area contributed by atoms with Gasteiger partial charge in [-0.05, 0) is 32.9 Å². The van der Waals surface area contributed by atoms with Gasteiger partial charge in [0.05, 0.1) is 16.5 Å². The van der Waals surface area contributed by atoms with Crippen LogP contribution in [0.3, 0.4) is 0 Å². The fourth-order valence-electron chi connectivity index (χ4n) is 2.13. The normalized spacial score (nSPS) is 11.6. The van der Waals surface area contributed by atoms with Crippen LogP contribution < -0.4 is 5.56 Å². The van der Waals surface area contributed by atoms with Crippen LogP contribution in [-0.2, 0) is 0 Å². The number of hydrogen-bond donors (Lipinski definition) is 2. The van der Waals surface area contributed by atoms with Gasteiger partial charge in [0.1, 0.15) is 0 Å². The van der Waals surface area contributed by atoms with E-state index in [0.29, 0.717) is 17.4 Å². The Bertz CT molecular complexity index is 716. The number of likely N-dealkylation sites (N-methyl/N-ethyl adjacent to an activating group) is 1. The number of fused-ring (bicyclic) bond motifs is 1. The van der Waals surface area contributed by atoms with Crippen LogP contribution in [0.15, 0.2) is 29.1 Å². The summed E-state index contributed by atoms with van der Waals surface area (Å²) in [4.78, 5) is 32.6. The molecule has 0 aliphatic carbocycles. The molecule has 2 rings (SSSR count). The van der Waals surface area contributed by atoms with Gasteiger partial charge < -0.3 is 15.0 Å². The van der Waals surface area contributed by atoms with Crippen molar-refractivity contribution in [1.29, 1.82) is 0 Å². The Hall–Kier alpha value is -2.21. The molecule has 0 aliphatic heterocycles. The van der Waals surface area contributed by atoms with E-state index in [-0.39, 0.29) is 17.9 Å². The average molecular weight is 289 g/mol. The molecule has 0 saturated carbocycles. The molecule has 0 fully saturated rings. The lowest BCUT2D eigenvalue weighted by Gasteiger charge is -2.27. The highest BCUT2D eigenvalue weighted by Gasteiger charge is 2.24. The first-order chi connectivity index (χ1) is 9.81. The Morgan fingerprint density at radius 2 is 2.05 bits per heavy atom. The van der Waals surface area contributed by atoms with Crippen LogP contribution >= 0.6 is 0 Å². The third-order valence-electron chi connectivity index (χ3n) is 3.06. The first-order valence-electron chi connectivity index (χ1n) is 6.82. The number of para-hydroxylation sites is 1. The summed E-state index contributed by atoms with van der Waals surface area (Å²) in [6.07, 6.45) is 0. The number of carbonyl (C=O) groups excluding carboxylic acids is 1. The lowest BCUT2D eigenvalue weighted by Crippen LogP contribution is -2.43. The summed E-state index contributed by atoms with van der Waals surface area (Å²) in [5.41, 5.74) is -0.879.